The quantitative estimate of drug-likeness (QED) is 0.529. The van der Waals surface area contributed by atoms with Crippen LogP contribution in [-0.2, 0) is 11.4 Å². The number of rotatable bonds is 5. The molecule has 114 valence electrons. The Kier molecular flexibility index (Phi) is 5.61. The fourth-order valence-corrected chi connectivity index (χ4v) is 1.42. The molecule has 9 heteroatoms. The number of carbonyl (C=O) groups excluding carboxylic acids is 2. The normalized spacial score (nSPS) is 11.4. The van der Waals surface area contributed by atoms with Crippen molar-refractivity contribution < 1.29 is 24.4 Å². The Balaban J connectivity index is 2.89. The molecule has 1 atom stereocenters. The molecule has 0 bridgehead atoms. The summed E-state index contributed by atoms with van der Waals surface area (Å²) in [5, 5.41) is 24.1. The fraction of sp³-hybridized carbons (Fsp3) is 0.333. The molecule has 0 saturated heterocycles. The van der Waals surface area contributed by atoms with E-state index in [4.69, 9.17) is 9.84 Å². The van der Waals surface area contributed by atoms with Crippen LogP contribution in [0, 0.1) is 10.1 Å². The Bertz CT molecular complexity index is 560. The number of carbonyl (C=O) groups is 2. The number of aliphatic hydroxyl groups excluding tert-OH is 1. The number of ether oxygens (including phenoxy) is 1. The Morgan fingerprint density at radius 2 is 2.14 bits per heavy atom. The summed E-state index contributed by atoms with van der Waals surface area (Å²) in [4.78, 5) is 32.9. The molecule has 1 aromatic carbocycles. The molecule has 21 heavy (non-hydrogen) atoms. The van der Waals surface area contributed by atoms with Crippen molar-refractivity contribution >= 4 is 17.6 Å². The summed E-state index contributed by atoms with van der Waals surface area (Å²) in [6, 6.07) is 3.16. The summed E-state index contributed by atoms with van der Waals surface area (Å²) in [6.07, 6.45) is -1.11. The molecule has 0 radical (unpaired) electrons. The molecule has 1 rings (SSSR count). The molecule has 0 aliphatic carbocycles. The van der Waals surface area contributed by atoms with Crippen LogP contribution in [-0.4, -0.2) is 35.1 Å². The second-order valence-electron chi connectivity index (χ2n) is 4.05. The van der Waals surface area contributed by atoms with Gasteiger partial charge in [0.15, 0.2) is 11.9 Å². The van der Waals surface area contributed by atoms with Gasteiger partial charge in [-0.15, -0.1) is 0 Å². The molecule has 0 aliphatic heterocycles. The number of nitro groups is 1. The highest BCUT2D eigenvalue weighted by Crippen LogP contribution is 2.28. The van der Waals surface area contributed by atoms with Crippen LogP contribution in [0.1, 0.15) is 12.5 Å². The van der Waals surface area contributed by atoms with E-state index in [1.54, 1.807) is 0 Å². The topological polar surface area (TPSA) is 131 Å². The molecule has 0 heterocycles. The van der Waals surface area contributed by atoms with E-state index < -0.39 is 23.0 Å². The largest absolute Gasteiger partial charge is 0.474 e. The first-order chi connectivity index (χ1) is 9.88. The minimum absolute atomic E-state index is 0.128. The summed E-state index contributed by atoms with van der Waals surface area (Å²) in [7, 11) is 1.34. The third kappa shape index (κ3) is 4.42. The van der Waals surface area contributed by atoms with Crippen molar-refractivity contribution in [2.75, 3.05) is 7.05 Å². The van der Waals surface area contributed by atoms with E-state index >= 15 is 0 Å². The van der Waals surface area contributed by atoms with Crippen LogP contribution < -0.4 is 15.4 Å². The van der Waals surface area contributed by atoms with E-state index in [0.29, 0.717) is 5.56 Å². The molecule has 0 fully saturated rings. The maximum absolute atomic E-state index is 11.6. The smallest absolute Gasteiger partial charge is 0.321 e. The third-order valence-corrected chi connectivity index (χ3v) is 2.54. The lowest BCUT2D eigenvalue weighted by Crippen LogP contribution is -2.44. The first-order valence-electron chi connectivity index (χ1n) is 5.96. The third-order valence-electron chi connectivity index (χ3n) is 2.54. The van der Waals surface area contributed by atoms with Crippen LogP contribution >= 0.6 is 0 Å². The van der Waals surface area contributed by atoms with Crippen LogP contribution in [0.25, 0.3) is 0 Å². The number of imide groups is 1. The van der Waals surface area contributed by atoms with E-state index in [0.717, 1.165) is 6.07 Å². The number of benzene rings is 1. The van der Waals surface area contributed by atoms with E-state index in [-0.39, 0.29) is 18.0 Å². The second kappa shape index (κ2) is 7.20. The summed E-state index contributed by atoms with van der Waals surface area (Å²) < 4.78 is 5.20. The molecule has 0 spiro atoms. The molecule has 0 saturated carbocycles. The van der Waals surface area contributed by atoms with Crippen molar-refractivity contribution in [2.45, 2.75) is 19.6 Å². The maximum Gasteiger partial charge on any atom is 0.321 e. The van der Waals surface area contributed by atoms with Gasteiger partial charge >= 0.3 is 11.7 Å². The fourth-order valence-electron chi connectivity index (χ4n) is 1.42. The lowest BCUT2D eigenvalue weighted by molar-refractivity contribution is -0.386. The van der Waals surface area contributed by atoms with Gasteiger partial charge in [0.2, 0.25) is 0 Å². The number of amides is 3. The van der Waals surface area contributed by atoms with E-state index in [1.165, 1.54) is 26.1 Å². The molecule has 0 aliphatic rings. The van der Waals surface area contributed by atoms with Crippen LogP contribution in [0.5, 0.6) is 5.75 Å². The van der Waals surface area contributed by atoms with Crippen LogP contribution in [0.15, 0.2) is 18.2 Å². The van der Waals surface area contributed by atoms with Crippen molar-refractivity contribution in [2.24, 2.45) is 0 Å². The van der Waals surface area contributed by atoms with Gasteiger partial charge in [0, 0.05) is 13.1 Å². The van der Waals surface area contributed by atoms with E-state index in [1.807, 2.05) is 5.32 Å². The Morgan fingerprint density at radius 1 is 1.48 bits per heavy atom. The average Bonchev–Trinajstić information content (AvgIpc) is 2.46. The average molecular weight is 297 g/mol. The van der Waals surface area contributed by atoms with Gasteiger partial charge in [-0.3, -0.25) is 20.2 Å². The van der Waals surface area contributed by atoms with Crippen LogP contribution in [0.4, 0.5) is 10.5 Å². The molecule has 3 amide bonds. The summed E-state index contributed by atoms with van der Waals surface area (Å²) >= 11 is 0. The number of hydrogen-bond donors (Lipinski definition) is 3. The zero-order valence-electron chi connectivity index (χ0n) is 11.5. The highest BCUT2D eigenvalue weighted by atomic mass is 16.6. The van der Waals surface area contributed by atoms with Crippen molar-refractivity contribution in [3.63, 3.8) is 0 Å². The number of nitrogens with zero attached hydrogens (tertiary/aromatic N) is 1. The molecule has 9 nitrogen and oxygen atoms in total. The molecule has 3 N–H and O–H groups in total. The lowest BCUT2D eigenvalue weighted by Gasteiger charge is -2.14. The zero-order chi connectivity index (χ0) is 16.0. The van der Waals surface area contributed by atoms with Gasteiger partial charge in [-0.1, -0.05) is 6.07 Å². The lowest BCUT2D eigenvalue weighted by atomic mass is 10.2. The summed E-state index contributed by atoms with van der Waals surface area (Å²) in [6.45, 7) is 0.996. The van der Waals surface area contributed by atoms with Crippen molar-refractivity contribution in [3.8, 4) is 5.75 Å². The van der Waals surface area contributed by atoms with Crippen molar-refractivity contribution in [3.05, 3.63) is 33.9 Å². The van der Waals surface area contributed by atoms with Crippen LogP contribution in [0.3, 0.4) is 0 Å². The Labute approximate surface area is 120 Å². The predicted octanol–water partition coefficient (Wildman–Crippen LogP) is 0.310. The van der Waals surface area contributed by atoms with Crippen molar-refractivity contribution in [1.82, 2.24) is 10.6 Å². The summed E-state index contributed by atoms with van der Waals surface area (Å²) in [5.74, 6) is -0.869. The minimum Gasteiger partial charge on any atom is -0.474 e. The highest BCUT2D eigenvalue weighted by molar-refractivity contribution is 5.96. The standard InChI is InChI=1S/C12H15N3O6/c1-7(11(17)14-12(18)13-2)21-10-4-3-8(6-16)5-9(10)15(19)20/h3-5,7,16H,6H2,1-2H3,(H2,13,14,17,18). The molecule has 1 aromatic rings. The Morgan fingerprint density at radius 3 is 2.67 bits per heavy atom. The second-order valence-corrected chi connectivity index (χ2v) is 4.05. The molecule has 0 aromatic heterocycles. The Hall–Kier alpha value is -2.68. The number of aliphatic hydroxyl groups is 1. The minimum atomic E-state index is -1.11. The van der Waals surface area contributed by atoms with Gasteiger partial charge in [-0.05, 0) is 18.6 Å². The zero-order valence-corrected chi connectivity index (χ0v) is 11.5. The SMILES string of the molecule is CNC(=O)NC(=O)C(C)Oc1ccc(CO)cc1[N+](=O)[O-]. The van der Waals surface area contributed by atoms with Gasteiger partial charge in [0.1, 0.15) is 0 Å². The highest BCUT2D eigenvalue weighted by Gasteiger charge is 2.22. The van der Waals surface area contributed by atoms with Gasteiger partial charge < -0.3 is 15.2 Å². The number of hydrogen-bond acceptors (Lipinski definition) is 6. The van der Waals surface area contributed by atoms with Gasteiger partial charge in [0.05, 0.1) is 11.5 Å². The number of nitrogens with one attached hydrogen (secondary N) is 2. The maximum atomic E-state index is 11.6. The van der Waals surface area contributed by atoms with Crippen molar-refractivity contribution in [1.29, 1.82) is 0 Å². The molecule has 1 unspecified atom stereocenters. The number of urea groups is 1. The van der Waals surface area contributed by atoms with Gasteiger partial charge in [-0.25, -0.2) is 4.79 Å². The first kappa shape index (κ1) is 16.4. The summed E-state index contributed by atoms with van der Waals surface area (Å²) in [5.41, 5.74) is -0.0299. The van der Waals surface area contributed by atoms with Gasteiger partial charge in [0.25, 0.3) is 5.91 Å². The number of nitro benzene ring substituents is 1. The first-order valence-corrected chi connectivity index (χ1v) is 5.96. The van der Waals surface area contributed by atoms with Gasteiger partial charge in [-0.2, -0.15) is 0 Å². The van der Waals surface area contributed by atoms with Crippen LogP contribution in [0.2, 0.25) is 0 Å². The molecular formula is C12H15N3O6. The monoisotopic (exact) mass is 297 g/mol. The molecular weight excluding hydrogens is 282 g/mol. The van der Waals surface area contributed by atoms with E-state index in [2.05, 4.69) is 5.32 Å². The predicted molar refractivity (Wildman–Crippen MR) is 71.7 cm³/mol. The van der Waals surface area contributed by atoms with E-state index in [9.17, 15) is 19.7 Å².